The topological polar surface area (TPSA) is 75.6 Å². The molecule has 0 fully saturated rings. The van der Waals surface area contributed by atoms with Crippen LogP contribution in [0.4, 0.5) is 4.79 Å². The highest BCUT2D eigenvalue weighted by Crippen LogP contribution is 2.01. The van der Waals surface area contributed by atoms with Gasteiger partial charge in [0.15, 0.2) is 0 Å². The molecule has 0 aliphatic carbocycles. The number of carboxylic acids is 1. The van der Waals surface area contributed by atoms with Gasteiger partial charge in [-0.2, -0.15) is 0 Å². The lowest BCUT2D eigenvalue weighted by atomic mass is 10.1. The standard InChI is InChI=1S/C7H13NO4/c1-4(2)5(6(9)10)8-7(11)12-3/h4-5H,1-3H3,(H,8,11)(H,9,10)/t5-/m1/s1. The molecule has 1 amide bonds. The van der Waals surface area contributed by atoms with Gasteiger partial charge in [-0.25, -0.2) is 9.59 Å². The molecule has 5 heteroatoms. The summed E-state index contributed by atoms with van der Waals surface area (Å²) in [7, 11) is 1.19. The zero-order chi connectivity index (χ0) is 9.72. The van der Waals surface area contributed by atoms with Gasteiger partial charge in [0, 0.05) is 0 Å². The van der Waals surface area contributed by atoms with Crippen LogP contribution in [0, 0.1) is 5.92 Å². The van der Waals surface area contributed by atoms with E-state index in [1.807, 2.05) is 0 Å². The Kier molecular flexibility index (Phi) is 4.10. The van der Waals surface area contributed by atoms with Crippen molar-refractivity contribution in [3.05, 3.63) is 0 Å². The third-order valence-electron chi connectivity index (χ3n) is 1.39. The Bertz CT molecular complexity index is 178. The van der Waals surface area contributed by atoms with Crippen molar-refractivity contribution in [2.45, 2.75) is 19.9 Å². The average molecular weight is 175 g/mol. The normalized spacial score (nSPS) is 12.3. The number of methoxy groups -OCH3 is 1. The molecular weight excluding hydrogens is 162 g/mol. The molecule has 0 saturated carbocycles. The van der Waals surface area contributed by atoms with Crippen molar-refractivity contribution < 1.29 is 19.4 Å². The van der Waals surface area contributed by atoms with E-state index >= 15 is 0 Å². The molecule has 70 valence electrons. The number of alkyl carbamates (subject to hydrolysis) is 1. The van der Waals surface area contributed by atoms with E-state index in [0.29, 0.717) is 0 Å². The third kappa shape index (κ3) is 3.23. The molecule has 0 aromatic rings. The third-order valence-corrected chi connectivity index (χ3v) is 1.39. The van der Waals surface area contributed by atoms with Crippen LogP contribution < -0.4 is 5.32 Å². The molecule has 0 unspecified atom stereocenters. The fourth-order valence-corrected chi connectivity index (χ4v) is 0.699. The minimum atomic E-state index is -1.06. The minimum Gasteiger partial charge on any atom is -0.480 e. The number of carbonyl (C=O) groups excluding carboxylic acids is 1. The zero-order valence-corrected chi connectivity index (χ0v) is 7.33. The molecule has 0 spiro atoms. The summed E-state index contributed by atoms with van der Waals surface area (Å²) in [6, 6.07) is -0.891. The number of hydrogen-bond acceptors (Lipinski definition) is 3. The molecule has 0 aliphatic rings. The lowest BCUT2D eigenvalue weighted by molar-refractivity contribution is -0.140. The van der Waals surface area contributed by atoms with Crippen molar-refractivity contribution in [3.63, 3.8) is 0 Å². The Morgan fingerprint density at radius 3 is 2.17 bits per heavy atom. The molecule has 0 aliphatic heterocycles. The van der Waals surface area contributed by atoms with E-state index in [4.69, 9.17) is 5.11 Å². The van der Waals surface area contributed by atoms with Gasteiger partial charge in [-0.15, -0.1) is 0 Å². The van der Waals surface area contributed by atoms with Crippen LogP contribution >= 0.6 is 0 Å². The number of amides is 1. The molecule has 0 aromatic carbocycles. The number of ether oxygens (including phenoxy) is 1. The molecule has 5 nitrogen and oxygen atoms in total. The molecule has 0 saturated heterocycles. The predicted octanol–water partition coefficient (Wildman–Crippen LogP) is 0.452. The van der Waals surface area contributed by atoms with E-state index in [2.05, 4.69) is 10.1 Å². The van der Waals surface area contributed by atoms with Crippen LogP contribution in [0.25, 0.3) is 0 Å². The number of carboxylic acid groups (broad SMARTS) is 1. The monoisotopic (exact) mass is 175 g/mol. The molecule has 0 bridgehead atoms. The summed E-state index contributed by atoms with van der Waals surface area (Å²) >= 11 is 0. The molecule has 1 atom stereocenters. The van der Waals surface area contributed by atoms with E-state index in [9.17, 15) is 9.59 Å². The van der Waals surface area contributed by atoms with Gasteiger partial charge in [-0.1, -0.05) is 13.8 Å². The second-order valence-corrected chi connectivity index (χ2v) is 2.70. The number of carbonyl (C=O) groups is 2. The summed E-state index contributed by atoms with van der Waals surface area (Å²) in [5.41, 5.74) is 0. The first-order chi connectivity index (χ1) is 5.49. The van der Waals surface area contributed by atoms with E-state index in [1.54, 1.807) is 13.8 Å². The fourth-order valence-electron chi connectivity index (χ4n) is 0.699. The highest BCUT2D eigenvalue weighted by atomic mass is 16.5. The maximum Gasteiger partial charge on any atom is 0.407 e. The Hall–Kier alpha value is -1.26. The maximum absolute atomic E-state index is 10.6. The second kappa shape index (κ2) is 4.58. The van der Waals surface area contributed by atoms with Crippen molar-refractivity contribution in [2.75, 3.05) is 7.11 Å². The van der Waals surface area contributed by atoms with Gasteiger partial charge >= 0.3 is 12.1 Å². The molecule has 0 aromatic heterocycles. The van der Waals surface area contributed by atoms with Gasteiger partial charge in [0.1, 0.15) is 6.04 Å². The Morgan fingerprint density at radius 2 is 1.92 bits per heavy atom. The maximum atomic E-state index is 10.6. The first-order valence-electron chi connectivity index (χ1n) is 3.56. The SMILES string of the molecule is COC(=O)N[C@@H](C(=O)O)C(C)C. The smallest absolute Gasteiger partial charge is 0.407 e. The van der Waals surface area contributed by atoms with Crippen molar-refractivity contribution in [2.24, 2.45) is 5.92 Å². The summed E-state index contributed by atoms with van der Waals surface area (Å²) < 4.78 is 4.27. The Labute approximate surface area is 70.7 Å². The summed E-state index contributed by atoms with van der Waals surface area (Å²) in [5.74, 6) is -1.22. The average Bonchev–Trinajstić information content (AvgIpc) is 1.98. The van der Waals surface area contributed by atoms with E-state index < -0.39 is 18.1 Å². The number of hydrogen-bond donors (Lipinski definition) is 2. The van der Waals surface area contributed by atoms with Crippen LogP contribution in [-0.4, -0.2) is 30.3 Å². The highest BCUT2D eigenvalue weighted by Gasteiger charge is 2.23. The summed E-state index contributed by atoms with van der Waals surface area (Å²) in [5, 5.41) is 10.8. The van der Waals surface area contributed by atoms with Crippen molar-refractivity contribution in [1.29, 1.82) is 0 Å². The van der Waals surface area contributed by atoms with Gasteiger partial charge in [-0.05, 0) is 5.92 Å². The Balaban J connectivity index is 4.14. The van der Waals surface area contributed by atoms with Crippen LogP contribution in [-0.2, 0) is 9.53 Å². The molecule has 0 heterocycles. The van der Waals surface area contributed by atoms with Gasteiger partial charge in [-0.3, -0.25) is 0 Å². The van der Waals surface area contributed by atoms with Crippen LogP contribution in [0.5, 0.6) is 0 Å². The molecule has 0 radical (unpaired) electrons. The largest absolute Gasteiger partial charge is 0.480 e. The number of aliphatic carboxylic acids is 1. The quantitative estimate of drug-likeness (QED) is 0.653. The molecule has 12 heavy (non-hydrogen) atoms. The predicted molar refractivity (Wildman–Crippen MR) is 41.8 cm³/mol. The van der Waals surface area contributed by atoms with Gasteiger partial charge in [0.25, 0.3) is 0 Å². The van der Waals surface area contributed by atoms with Gasteiger partial charge in [0.05, 0.1) is 7.11 Å². The highest BCUT2D eigenvalue weighted by molar-refractivity contribution is 5.80. The molecule has 2 N–H and O–H groups in total. The Morgan fingerprint density at radius 1 is 1.42 bits per heavy atom. The fraction of sp³-hybridized carbons (Fsp3) is 0.714. The first kappa shape index (κ1) is 10.7. The zero-order valence-electron chi connectivity index (χ0n) is 7.33. The second-order valence-electron chi connectivity index (χ2n) is 2.70. The molecular formula is C7H13NO4. The van der Waals surface area contributed by atoms with E-state index in [-0.39, 0.29) is 5.92 Å². The number of nitrogens with one attached hydrogen (secondary N) is 1. The lowest BCUT2D eigenvalue weighted by Crippen LogP contribution is -2.44. The lowest BCUT2D eigenvalue weighted by Gasteiger charge is -2.16. The summed E-state index contributed by atoms with van der Waals surface area (Å²) in [4.78, 5) is 21.2. The van der Waals surface area contributed by atoms with Crippen molar-refractivity contribution in [1.82, 2.24) is 5.32 Å². The summed E-state index contributed by atoms with van der Waals surface area (Å²) in [6.45, 7) is 3.41. The van der Waals surface area contributed by atoms with Crippen LogP contribution in [0.3, 0.4) is 0 Å². The van der Waals surface area contributed by atoms with E-state index in [0.717, 1.165) is 0 Å². The van der Waals surface area contributed by atoms with Gasteiger partial charge in [0.2, 0.25) is 0 Å². The molecule has 0 rings (SSSR count). The number of rotatable bonds is 3. The first-order valence-corrected chi connectivity index (χ1v) is 3.56. The van der Waals surface area contributed by atoms with Crippen LogP contribution in [0.2, 0.25) is 0 Å². The van der Waals surface area contributed by atoms with Crippen LogP contribution in [0.1, 0.15) is 13.8 Å². The minimum absolute atomic E-state index is 0.165. The van der Waals surface area contributed by atoms with E-state index in [1.165, 1.54) is 7.11 Å². The van der Waals surface area contributed by atoms with Crippen LogP contribution in [0.15, 0.2) is 0 Å². The van der Waals surface area contributed by atoms with Gasteiger partial charge < -0.3 is 15.2 Å². The summed E-state index contributed by atoms with van der Waals surface area (Å²) in [6.07, 6.45) is -0.726. The van der Waals surface area contributed by atoms with Crippen molar-refractivity contribution >= 4 is 12.1 Å². The van der Waals surface area contributed by atoms with Crippen molar-refractivity contribution in [3.8, 4) is 0 Å².